The average Bonchev–Trinajstić information content (AvgIpc) is 2.46. The number of halogens is 3. The van der Waals surface area contributed by atoms with Crippen LogP contribution in [0.3, 0.4) is 0 Å². The first-order valence-electron chi connectivity index (χ1n) is 7.02. The van der Waals surface area contributed by atoms with Crippen LogP contribution in [0.15, 0.2) is 42.5 Å². The van der Waals surface area contributed by atoms with Crippen molar-refractivity contribution in [3.05, 3.63) is 59.4 Å². The Morgan fingerprint density at radius 2 is 1.65 bits per heavy atom. The Bertz CT molecular complexity index is 867. The van der Waals surface area contributed by atoms with Gasteiger partial charge in [0.1, 0.15) is 0 Å². The first-order valence-corrected chi connectivity index (χ1v) is 7.02. The van der Waals surface area contributed by atoms with Gasteiger partial charge in [-0.05, 0) is 50.2 Å². The Labute approximate surface area is 131 Å². The van der Waals surface area contributed by atoms with Crippen LogP contribution in [0.4, 0.5) is 24.5 Å². The van der Waals surface area contributed by atoms with Gasteiger partial charge in [-0.1, -0.05) is 6.07 Å². The largest absolute Gasteiger partial charge is 0.416 e. The Morgan fingerprint density at radius 1 is 0.913 bits per heavy atom. The molecule has 3 aromatic rings. The maximum absolute atomic E-state index is 12.8. The summed E-state index contributed by atoms with van der Waals surface area (Å²) in [5.74, 6) is 0. The number of rotatable bonds is 2. The quantitative estimate of drug-likeness (QED) is 0.722. The lowest BCUT2D eigenvalue weighted by molar-refractivity contribution is -0.137. The first-order chi connectivity index (χ1) is 10.8. The molecule has 3 nitrogen and oxygen atoms in total. The van der Waals surface area contributed by atoms with Gasteiger partial charge in [-0.3, -0.25) is 0 Å². The van der Waals surface area contributed by atoms with E-state index in [-0.39, 0.29) is 0 Å². The molecule has 3 rings (SSSR count). The zero-order valence-corrected chi connectivity index (χ0v) is 12.6. The van der Waals surface area contributed by atoms with Crippen LogP contribution in [-0.2, 0) is 6.18 Å². The molecule has 0 bridgehead atoms. The van der Waals surface area contributed by atoms with Crippen molar-refractivity contribution in [3.8, 4) is 0 Å². The molecule has 0 unspecified atom stereocenters. The molecule has 0 spiro atoms. The van der Waals surface area contributed by atoms with Crippen LogP contribution in [0.2, 0.25) is 0 Å². The molecule has 2 heterocycles. The van der Waals surface area contributed by atoms with E-state index in [1.165, 1.54) is 6.07 Å². The lowest BCUT2D eigenvalue weighted by Crippen LogP contribution is -2.05. The lowest BCUT2D eigenvalue weighted by atomic mass is 10.1. The summed E-state index contributed by atoms with van der Waals surface area (Å²) in [5.41, 5.74) is 2.50. The van der Waals surface area contributed by atoms with Gasteiger partial charge in [0.05, 0.1) is 11.3 Å². The Kier molecular flexibility index (Phi) is 3.67. The fourth-order valence-corrected chi connectivity index (χ4v) is 2.36. The third kappa shape index (κ3) is 3.26. The van der Waals surface area contributed by atoms with Crippen molar-refractivity contribution in [2.45, 2.75) is 20.0 Å². The summed E-state index contributed by atoms with van der Waals surface area (Å²) in [6.45, 7) is 3.68. The van der Waals surface area contributed by atoms with E-state index >= 15 is 0 Å². The highest BCUT2D eigenvalue weighted by Gasteiger charge is 2.30. The standard InChI is InChI=1S/C17H14F3N3/c1-10-6-7-14-15(8-11(2)22-16(14)21-10)23-13-5-3-4-12(9-13)17(18,19)20/h3-9H,1-2H3,(H,21,22,23). The molecule has 0 atom stereocenters. The highest BCUT2D eigenvalue weighted by molar-refractivity contribution is 5.91. The van der Waals surface area contributed by atoms with E-state index in [4.69, 9.17) is 0 Å². The lowest BCUT2D eigenvalue weighted by Gasteiger charge is -2.13. The highest BCUT2D eigenvalue weighted by Crippen LogP contribution is 2.32. The van der Waals surface area contributed by atoms with E-state index in [0.717, 1.165) is 28.9 Å². The highest BCUT2D eigenvalue weighted by atomic mass is 19.4. The SMILES string of the molecule is Cc1ccc2c(Nc3cccc(C(F)(F)F)c3)cc(C)nc2n1. The number of fused-ring (bicyclic) bond motifs is 1. The number of aromatic nitrogens is 2. The molecule has 0 fully saturated rings. The van der Waals surface area contributed by atoms with Gasteiger partial charge >= 0.3 is 6.18 Å². The van der Waals surface area contributed by atoms with Gasteiger partial charge in [0, 0.05) is 22.5 Å². The molecule has 0 amide bonds. The van der Waals surface area contributed by atoms with Crippen LogP contribution < -0.4 is 5.32 Å². The number of nitrogens with one attached hydrogen (secondary N) is 1. The van der Waals surface area contributed by atoms with Crippen LogP contribution >= 0.6 is 0 Å². The molecule has 0 saturated heterocycles. The van der Waals surface area contributed by atoms with Gasteiger partial charge < -0.3 is 5.32 Å². The Morgan fingerprint density at radius 3 is 2.39 bits per heavy atom. The van der Waals surface area contributed by atoms with E-state index in [9.17, 15) is 13.2 Å². The Balaban J connectivity index is 2.05. The van der Waals surface area contributed by atoms with E-state index in [0.29, 0.717) is 17.0 Å². The van der Waals surface area contributed by atoms with Gasteiger partial charge in [-0.15, -0.1) is 0 Å². The number of alkyl halides is 3. The molecule has 0 saturated carbocycles. The van der Waals surface area contributed by atoms with E-state index < -0.39 is 11.7 Å². The number of anilines is 2. The molecule has 2 aromatic heterocycles. The molecule has 23 heavy (non-hydrogen) atoms. The fraction of sp³-hybridized carbons (Fsp3) is 0.176. The van der Waals surface area contributed by atoms with Crippen LogP contribution in [0.5, 0.6) is 0 Å². The number of pyridine rings is 2. The van der Waals surface area contributed by atoms with E-state index in [2.05, 4.69) is 15.3 Å². The predicted octanol–water partition coefficient (Wildman–Crippen LogP) is 5.01. The number of aryl methyl sites for hydroxylation is 2. The molecule has 0 aliphatic carbocycles. The first kappa shape index (κ1) is 15.3. The maximum Gasteiger partial charge on any atom is 0.416 e. The minimum absolute atomic E-state index is 0.368. The number of benzene rings is 1. The zero-order valence-electron chi connectivity index (χ0n) is 12.6. The topological polar surface area (TPSA) is 37.8 Å². The minimum Gasteiger partial charge on any atom is -0.355 e. The summed E-state index contributed by atoms with van der Waals surface area (Å²) < 4.78 is 38.5. The smallest absolute Gasteiger partial charge is 0.355 e. The molecule has 0 aliphatic rings. The summed E-state index contributed by atoms with van der Waals surface area (Å²) in [5, 5.41) is 3.80. The van der Waals surface area contributed by atoms with Crippen molar-refractivity contribution in [1.29, 1.82) is 0 Å². The van der Waals surface area contributed by atoms with Crippen LogP contribution in [-0.4, -0.2) is 9.97 Å². The third-order valence-electron chi connectivity index (χ3n) is 3.41. The van der Waals surface area contributed by atoms with Crippen molar-refractivity contribution in [2.24, 2.45) is 0 Å². The maximum atomic E-state index is 12.8. The second kappa shape index (κ2) is 5.53. The van der Waals surface area contributed by atoms with Crippen LogP contribution in [0.25, 0.3) is 11.0 Å². The predicted molar refractivity (Wildman–Crippen MR) is 83.7 cm³/mol. The molecule has 0 aliphatic heterocycles. The number of hydrogen-bond acceptors (Lipinski definition) is 3. The second-order valence-electron chi connectivity index (χ2n) is 5.34. The summed E-state index contributed by atoms with van der Waals surface area (Å²) in [6.07, 6.45) is -4.37. The summed E-state index contributed by atoms with van der Waals surface area (Å²) >= 11 is 0. The summed E-state index contributed by atoms with van der Waals surface area (Å²) in [4.78, 5) is 8.73. The molecule has 6 heteroatoms. The van der Waals surface area contributed by atoms with Gasteiger partial charge in [0.15, 0.2) is 5.65 Å². The van der Waals surface area contributed by atoms with Gasteiger partial charge in [0.2, 0.25) is 0 Å². The van der Waals surface area contributed by atoms with Crippen molar-refractivity contribution in [1.82, 2.24) is 9.97 Å². The molecule has 118 valence electrons. The van der Waals surface area contributed by atoms with Gasteiger partial charge in [-0.25, -0.2) is 9.97 Å². The van der Waals surface area contributed by atoms with Gasteiger partial charge in [-0.2, -0.15) is 13.2 Å². The molecule has 0 radical (unpaired) electrons. The number of hydrogen-bond donors (Lipinski definition) is 1. The summed E-state index contributed by atoms with van der Waals surface area (Å²) in [7, 11) is 0. The average molecular weight is 317 g/mol. The fourth-order valence-electron chi connectivity index (χ4n) is 2.36. The number of nitrogens with zero attached hydrogens (tertiary/aromatic N) is 2. The van der Waals surface area contributed by atoms with Crippen molar-refractivity contribution in [2.75, 3.05) is 5.32 Å². The molecular weight excluding hydrogens is 303 g/mol. The van der Waals surface area contributed by atoms with Crippen molar-refractivity contribution in [3.63, 3.8) is 0 Å². The Hall–Kier alpha value is -2.63. The van der Waals surface area contributed by atoms with Crippen LogP contribution in [0.1, 0.15) is 17.0 Å². The minimum atomic E-state index is -4.37. The van der Waals surface area contributed by atoms with Gasteiger partial charge in [0.25, 0.3) is 0 Å². The molecule has 1 N–H and O–H groups in total. The van der Waals surface area contributed by atoms with E-state index in [1.807, 2.05) is 26.0 Å². The normalized spacial score (nSPS) is 11.7. The monoisotopic (exact) mass is 317 g/mol. The van der Waals surface area contributed by atoms with Crippen molar-refractivity contribution >= 4 is 22.4 Å². The second-order valence-corrected chi connectivity index (χ2v) is 5.34. The molecular formula is C17H14F3N3. The van der Waals surface area contributed by atoms with Crippen molar-refractivity contribution < 1.29 is 13.2 Å². The zero-order chi connectivity index (χ0) is 16.6. The van der Waals surface area contributed by atoms with E-state index in [1.54, 1.807) is 12.1 Å². The molecule has 1 aromatic carbocycles. The summed E-state index contributed by atoms with van der Waals surface area (Å²) in [6, 6.07) is 10.6. The third-order valence-corrected chi connectivity index (χ3v) is 3.41. The van der Waals surface area contributed by atoms with Crippen LogP contribution in [0, 0.1) is 13.8 Å².